The van der Waals surface area contributed by atoms with Crippen LogP contribution in [0.4, 0.5) is 11.4 Å². The average molecular weight is 470 g/mol. The maximum Gasteiger partial charge on any atom is 0.255 e. The fourth-order valence-electron chi connectivity index (χ4n) is 2.63. The first-order valence-electron chi connectivity index (χ1n) is 9.36. The molecule has 158 valence electrons. The van der Waals surface area contributed by atoms with Gasteiger partial charge in [0.1, 0.15) is 0 Å². The molecule has 0 unspecified atom stereocenters. The fourth-order valence-corrected chi connectivity index (χ4v) is 3.69. The van der Waals surface area contributed by atoms with Crippen molar-refractivity contribution >= 4 is 63.9 Å². The Kier molecular flexibility index (Phi) is 8.06. The standard InChI is InChI=1S/C23H20ClN3O2S2/c1-15-3-2-4-16(13-15)22(29)25-18-7-9-19(10-8-18)26-23(30)27-21(28)14-31-20-11-5-17(24)6-12-20/h2-13H,14H2,1H3,(H,25,29)(H2,26,27,28,30). The van der Waals surface area contributed by atoms with Crippen molar-refractivity contribution in [1.29, 1.82) is 0 Å². The summed E-state index contributed by atoms with van der Waals surface area (Å²) in [6.07, 6.45) is 0. The molecular weight excluding hydrogens is 450 g/mol. The Hall–Kier alpha value is -2.87. The monoisotopic (exact) mass is 469 g/mol. The summed E-state index contributed by atoms with van der Waals surface area (Å²) in [5.41, 5.74) is 2.98. The van der Waals surface area contributed by atoms with Crippen molar-refractivity contribution in [2.24, 2.45) is 0 Å². The maximum atomic E-state index is 12.3. The first-order valence-corrected chi connectivity index (χ1v) is 11.1. The van der Waals surface area contributed by atoms with E-state index in [2.05, 4.69) is 16.0 Å². The van der Waals surface area contributed by atoms with Crippen molar-refractivity contribution in [3.8, 4) is 0 Å². The van der Waals surface area contributed by atoms with E-state index in [0.29, 0.717) is 22.0 Å². The number of rotatable bonds is 6. The van der Waals surface area contributed by atoms with Gasteiger partial charge in [-0.1, -0.05) is 29.3 Å². The minimum Gasteiger partial charge on any atom is -0.332 e. The molecule has 0 heterocycles. The summed E-state index contributed by atoms with van der Waals surface area (Å²) in [7, 11) is 0. The summed E-state index contributed by atoms with van der Waals surface area (Å²) in [6, 6.07) is 21.7. The lowest BCUT2D eigenvalue weighted by atomic mass is 10.1. The lowest BCUT2D eigenvalue weighted by Crippen LogP contribution is -2.35. The van der Waals surface area contributed by atoms with Crippen LogP contribution in [0.3, 0.4) is 0 Å². The predicted molar refractivity (Wildman–Crippen MR) is 132 cm³/mol. The van der Waals surface area contributed by atoms with Gasteiger partial charge in [0.25, 0.3) is 5.91 Å². The van der Waals surface area contributed by atoms with Crippen LogP contribution in [0, 0.1) is 6.92 Å². The van der Waals surface area contributed by atoms with Crippen LogP contribution in [0.15, 0.2) is 77.7 Å². The van der Waals surface area contributed by atoms with Crippen molar-refractivity contribution < 1.29 is 9.59 Å². The van der Waals surface area contributed by atoms with Gasteiger partial charge in [0, 0.05) is 26.9 Å². The molecule has 3 N–H and O–H groups in total. The van der Waals surface area contributed by atoms with Gasteiger partial charge >= 0.3 is 0 Å². The number of anilines is 2. The highest BCUT2D eigenvalue weighted by atomic mass is 35.5. The summed E-state index contributed by atoms with van der Waals surface area (Å²) in [6.45, 7) is 1.94. The van der Waals surface area contributed by atoms with E-state index < -0.39 is 0 Å². The molecule has 3 rings (SSSR count). The van der Waals surface area contributed by atoms with Gasteiger partial charge in [-0.3, -0.25) is 9.59 Å². The van der Waals surface area contributed by atoms with Gasteiger partial charge in [0.05, 0.1) is 5.75 Å². The molecule has 0 saturated heterocycles. The Bertz CT molecular complexity index is 1090. The summed E-state index contributed by atoms with van der Waals surface area (Å²) >= 11 is 12.4. The van der Waals surface area contributed by atoms with Crippen LogP contribution in [0.1, 0.15) is 15.9 Å². The van der Waals surface area contributed by atoms with Crippen LogP contribution in [0.25, 0.3) is 0 Å². The number of thioether (sulfide) groups is 1. The van der Waals surface area contributed by atoms with Crippen molar-refractivity contribution in [3.63, 3.8) is 0 Å². The van der Waals surface area contributed by atoms with E-state index in [9.17, 15) is 9.59 Å². The van der Waals surface area contributed by atoms with Crippen LogP contribution in [-0.4, -0.2) is 22.7 Å². The van der Waals surface area contributed by atoms with E-state index in [0.717, 1.165) is 10.5 Å². The van der Waals surface area contributed by atoms with E-state index in [1.54, 1.807) is 42.5 Å². The Balaban J connectivity index is 1.46. The van der Waals surface area contributed by atoms with Crippen LogP contribution in [-0.2, 0) is 4.79 Å². The summed E-state index contributed by atoms with van der Waals surface area (Å²) in [5, 5.41) is 9.32. The lowest BCUT2D eigenvalue weighted by molar-refractivity contribution is -0.117. The fraction of sp³-hybridized carbons (Fsp3) is 0.0870. The third-order valence-corrected chi connectivity index (χ3v) is 5.59. The maximum absolute atomic E-state index is 12.3. The number of aryl methyl sites for hydroxylation is 1. The Morgan fingerprint density at radius 3 is 2.23 bits per heavy atom. The molecule has 0 saturated carbocycles. The molecule has 0 aliphatic carbocycles. The van der Waals surface area contributed by atoms with Gasteiger partial charge in [0.2, 0.25) is 5.91 Å². The third-order valence-electron chi connectivity index (χ3n) is 4.12. The first kappa shape index (κ1) is 22.8. The normalized spacial score (nSPS) is 10.3. The number of thiocarbonyl (C=S) groups is 1. The molecule has 31 heavy (non-hydrogen) atoms. The first-order chi connectivity index (χ1) is 14.9. The molecule has 0 fully saturated rings. The molecule has 0 spiro atoms. The highest BCUT2D eigenvalue weighted by molar-refractivity contribution is 8.00. The van der Waals surface area contributed by atoms with Gasteiger partial charge in [-0.15, -0.1) is 11.8 Å². The molecule has 0 aliphatic heterocycles. The highest BCUT2D eigenvalue weighted by Crippen LogP contribution is 2.20. The van der Waals surface area contributed by atoms with E-state index in [4.69, 9.17) is 23.8 Å². The molecule has 0 atom stereocenters. The van der Waals surface area contributed by atoms with Gasteiger partial charge < -0.3 is 16.0 Å². The zero-order valence-corrected chi connectivity index (χ0v) is 19.0. The molecule has 8 heteroatoms. The molecule has 5 nitrogen and oxygen atoms in total. The minimum atomic E-state index is -0.209. The largest absolute Gasteiger partial charge is 0.332 e. The van der Waals surface area contributed by atoms with Crippen LogP contribution < -0.4 is 16.0 Å². The van der Waals surface area contributed by atoms with E-state index >= 15 is 0 Å². The molecular formula is C23H20ClN3O2S2. The second-order valence-electron chi connectivity index (χ2n) is 6.65. The topological polar surface area (TPSA) is 70.2 Å². The molecule has 0 aromatic heterocycles. The zero-order valence-electron chi connectivity index (χ0n) is 16.6. The predicted octanol–water partition coefficient (Wildman–Crippen LogP) is 5.51. The van der Waals surface area contributed by atoms with Crippen molar-refractivity contribution in [2.45, 2.75) is 11.8 Å². The van der Waals surface area contributed by atoms with Gasteiger partial charge in [-0.05, 0) is 79.8 Å². The second kappa shape index (κ2) is 10.9. The van der Waals surface area contributed by atoms with E-state index in [1.165, 1.54) is 11.8 Å². The Morgan fingerprint density at radius 1 is 0.935 bits per heavy atom. The average Bonchev–Trinajstić information content (AvgIpc) is 2.74. The summed E-state index contributed by atoms with van der Waals surface area (Å²) in [4.78, 5) is 25.4. The zero-order chi connectivity index (χ0) is 22.2. The van der Waals surface area contributed by atoms with Crippen molar-refractivity contribution in [3.05, 3.63) is 88.9 Å². The number of amides is 2. The van der Waals surface area contributed by atoms with E-state index in [-0.39, 0.29) is 22.7 Å². The minimum absolute atomic E-state index is 0.176. The number of nitrogens with one attached hydrogen (secondary N) is 3. The van der Waals surface area contributed by atoms with Crippen LogP contribution in [0.5, 0.6) is 0 Å². The quantitative estimate of drug-likeness (QED) is 0.328. The Labute approximate surface area is 195 Å². The lowest BCUT2D eigenvalue weighted by Gasteiger charge is -2.11. The molecule has 2 amide bonds. The third kappa shape index (κ3) is 7.40. The number of carbonyl (C=O) groups is 2. The number of hydrogen-bond acceptors (Lipinski definition) is 4. The van der Waals surface area contributed by atoms with Gasteiger partial charge in [-0.2, -0.15) is 0 Å². The molecule has 3 aromatic rings. The smallest absolute Gasteiger partial charge is 0.255 e. The van der Waals surface area contributed by atoms with Crippen LogP contribution in [0.2, 0.25) is 5.02 Å². The number of halogens is 1. The summed E-state index contributed by atoms with van der Waals surface area (Å²) in [5.74, 6) is -0.155. The van der Waals surface area contributed by atoms with Crippen molar-refractivity contribution in [2.75, 3.05) is 16.4 Å². The highest BCUT2D eigenvalue weighted by Gasteiger charge is 2.08. The van der Waals surface area contributed by atoms with Gasteiger partial charge in [0.15, 0.2) is 5.11 Å². The Morgan fingerprint density at radius 2 is 1.58 bits per heavy atom. The van der Waals surface area contributed by atoms with Crippen LogP contribution >= 0.6 is 35.6 Å². The molecule has 3 aromatic carbocycles. The number of carbonyl (C=O) groups excluding carboxylic acids is 2. The number of hydrogen-bond donors (Lipinski definition) is 3. The van der Waals surface area contributed by atoms with Crippen molar-refractivity contribution in [1.82, 2.24) is 5.32 Å². The van der Waals surface area contributed by atoms with E-state index in [1.807, 2.05) is 37.3 Å². The SMILES string of the molecule is Cc1cccc(C(=O)Nc2ccc(NC(=S)NC(=O)CSc3ccc(Cl)cc3)cc2)c1. The number of benzene rings is 3. The molecule has 0 radical (unpaired) electrons. The summed E-state index contributed by atoms with van der Waals surface area (Å²) < 4.78 is 0. The molecule has 0 aliphatic rings. The molecule has 0 bridgehead atoms. The van der Waals surface area contributed by atoms with Gasteiger partial charge in [-0.25, -0.2) is 0 Å². The second-order valence-corrected chi connectivity index (χ2v) is 8.54.